The van der Waals surface area contributed by atoms with Gasteiger partial charge in [-0.2, -0.15) is 0 Å². The van der Waals surface area contributed by atoms with E-state index in [1.54, 1.807) is 0 Å². The van der Waals surface area contributed by atoms with Crippen molar-refractivity contribution in [2.24, 2.45) is 50.2 Å². The van der Waals surface area contributed by atoms with Crippen molar-refractivity contribution in [1.29, 1.82) is 0 Å². The molecule has 2 heterocycles. The number of rotatable bonds is 7. The van der Waals surface area contributed by atoms with E-state index in [0.29, 0.717) is 18.8 Å². The summed E-state index contributed by atoms with van der Waals surface area (Å²) in [5.41, 5.74) is 0.157. The van der Waals surface area contributed by atoms with Crippen LogP contribution in [0.25, 0.3) is 0 Å². The minimum absolute atomic E-state index is 0.0291. The van der Waals surface area contributed by atoms with E-state index < -0.39 is 90.8 Å². The van der Waals surface area contributed by atoms with Gasteiger partial charge in [0.15, 0.2) is 18.7 Å². The largest absolute Gasteiger partial charge is 0.481 e. The smallest absolute Gasteiger partial charge is 0.335 e. The fraction of sp³-hybridized carbons (Fsp3) is 0.902. The lowest BCUT2D eigenvalue weighted by Crippen LogP contribution is -2.66. The van der Waals surface area contributed by atoms with Gasteiger partial charge in [0.2, 0.25) is 0 Å². The van der Waals surface area contributed by atoms with E-state index in [0.717, 1.165) is 51.4 Å². The third kappa shape index (κ3) is 5.80. The zero-order valence-corrected chi connectivity index (χ0v) is 32.9. The Labute approximate surface area is 318 Å². The van der Waals surface area contributed by atoms with Crippen molar-refractivity contribution in [3.05, 3.63) is 11.6 Å². The molecule has 0 aromatic heterocycles. The van der Waals surface area contributed by atoms with Crippen LogP contribution in [0, 0.1) is 50.2 Å². The van der Waals surface area contributed by atoms with Gasteiger partial charge in [0.05, 0.1) is 18.1 Å². The molecule has 0 amide bonds. The molecule has 13 heteroatoms. The van der Waals surface area contributed by atoms with Gasteiger partial charge in [0.25, 0.3) is 0 Å². The third-order valence-corrected chi connectivity index (χ3v) is 16.9. The standard InChI is InChI=1S/C41H64O13/c1-36(2)14-16-41(35(49)50)17-15-39(6)20(21(41)18-36)8-9-24-38(5)12-11-25(37(3,4)23(38)10-13-40(24,39)7)52-34-29(46)27(44)30(31(54-34)32(47)48)53-33-28(45)26(43)22(19-42)51-33/h8,21-31,33-34,42-46H,9-19H2,1-7H3,(H,47,48)(H,49,50)/t21-,22-,23-,24+,25-,26-,27+,28+,29+,30-,31-,33-,34+,38-,39-,40+,41-/m0/s1. The molecule has 7 N–H and O–H groups in total. The molecule has 4 saturated carbocycles. The Kier molecular flexibility index (Phi) is 10.1. The molecule has 0 radical (unpaired) electrons. The molecule has 2 aliphatic heterocycles. The first-order valence-electron chi connectivity index (χ1n) is 20.2. The van der Waals surface area contributed by atoms with E-state index in [2.05, 4.69) is 54.5 Å². The zero-order valence-electron chi connectivity index (χ0n) is 32.9. The van der Waals surface area contributed by atoms with E-state index in [9.17, 15) is 45.3 Å². The van der Waals surface area contributed by atoms with Gasteiger partial charge in [0.1, 0.15) is 36.6 Å². The topological polar surface area (TPSA) is 213 Å². The summed E-state index contributed by atoms with van der Waals surface area (Å²) in [5, 5.41) is 73.2. The van der Waals surface area contributed by atoms with Crippen LogP contribution in [0.1, 0.15) is 113 Å². The maximum Gasteiger partial charge on any atom is 0.335 e. The minimum Gasteiger partial charge on any atom is -0.481 e. The Morgan fingerprint density at radius 1 is 0.778 bits per heavy atom. The van der Waals surface area contributed by atoms with E-state index in [1.807, 2.05) is 0 Å². The molecule has 17 atom stereocenters. The highest BCUT2D eigenvalue weighted by Gasteiger charge is 2.69. The van der Waals surface area contributed by atoms with Gasteiger partial charge in [-0.15, -0.1) is 0 Å². The normalized spacial score (nSPS) is 52.2. The summed E-state index contributed by atoms with van der Waals surface area (Å²) in [6.45, 7) is 15.6. The number of aliphatic hydroxyl groups excluding tert-OH is 5. The van der Waals surface area contributed by atoms with Crippen LogP contribution in [0.15, 0.2) is 11.6 Å². The van der Waals surface area contributed by atoms with Crippen LogP contribution in [0.3, 0.4) is 0 Å². The Bertz CT molecular complexity index is 1510. The monoisotopic (exact) mass is 764 g/mol. The number of allylic oxidation sites excluding steroid dienone is 2. The van der Waals surface area contributed by atoms with Crippen molar-refractivity contribution in [2.45, 2.75) is 174 Å². The SMILES string of the molecule is CC1(C)CC[C@]2(C(=O)O)CC[C@@]3(C)C(=CC[C@@H]4[C@@]5(C)CC[C@H](O[C@@H]6O[C@H](C(=O)O)[C@@H](O[C@@H]7O[C@@H](CO)[C@H](O)[C@H]7O)[C@H](O)[C@H]6O)C(C)(C)[C@@H]5CC[C@]43C)[C@@H]2C1. The molecule has 7 aliphatic rings. The number of aliphatic carboxylic acids is 2. The van der Waals surface area contributed by atoms with E-state index >= 15 is 0 Å². The van der Waals surface area contributed by atoms with Crippen LogP contribution in [-0.2, 0) is 28.5 Å². The van der Waals surface area contributed by atoms with E-state index in [1.165, 1.54) is 5.57 Å². The van der Waals surface area contributed by atoms with Gasteiger partial charge in [0, 0.05) is 0 Å². The maximum atomic E-state index is 13.0. The Morgan fingerprint density at radius 3 is 2.06 bits per heavy atom. The molecule has 0 aromatic carbocycles. The minimum atomic E-state index is -1.80. The second-order valence-electron chi connectivity index (χ2n) is 20.2. The van der Waals surface area contributed by atoms with Gasteiger partial charge in [-0.3, -0.25) is 4.79 Å². The molecule has 7 rings (SSSR count). The van der Waals surface area contributed by atoms with Crippen LogP contribution in [-0.4, -0.2) is 116 Å². The second kappa shape index (κ2) is 13.4. The summed E-state index contributed by atoms with van der Waals surface area (Å²) in [6, 6.07) is 0. The molecular formula is C41H64O13. The lowest BCUT2D eigenvalue weighted by atomic mass is 9.33. The molecule has 2 saturated heterocycles. The van der Waals surface area contributed by atoms with Crippen LogP contribution in [0.2, 0.25) is 0 Å². The molecule has 6 fully saturated rings. The fourth-order valence-electron chi connectivity index (χ4n) is 13.4. The highest BCUT2D eigenvalue weighted by atomic mass is 16.7. The lowest BCUT2D eigenvalue weighted by Gasteiger charge is -2.71. The Balaban J connectivity index is 1.10. The predicted molar refractivity (Wildman–Crippen MR) is 192 cm³/mol. The molecule has 0 unspecified atom stereocenters. The number of carboxylic acid groups (broad SMARTS) is 2. The number of hydrogen-bond donors (Lipinski definition) is 7. The Hall–Kier alpha value is -1.68. The quantitative estimate of drug-likeness (QED) is 0.146. The van der Waals surface area contributed by atoms with Crippen molar-refractivity contribution >= 4 is 11.9 Å². The van der Waals surface area contributed by atoms with E-state index in [4.69, 9.17) is 18.9 Å². The summed E-state index contributed by atoms with van der Waals surface area (Å²) in [7, 11) is 0. The number of aliphatic hydroxyl groups is 5. The molecular weight excluding hydrogens is 700 g/mol. The summed E-state index contributed by atoms with van der Waals surface area (Å²) >= 11 is 0. The van der Waals surface area contributed by atoms with Crippen LogP contribution in [0.4, 0.5) is 0 Å². The average molecular weight is 765 g/mol. The van der Waals surface area contributed by atoms with Crippen molar-refractivity contribution in [3.8, 4) is 0 Å². The number of ether oxygens (including phenoxy) is 4. The second-order valence-corrected chi connectivity index (χ2v) is 20.2. The highest BCUT2D eigenvalue weighted by Crippen LogP contribution is 2.76. The predicted octanol–water partition coefficient (Wildman–Crippen LogP) is 3.61. The maximum absolute atomic E-state index is 13.0. The average Bonchev–Trinajstić information content (AvgIpc) is 3.36. The molecule has 0 bridgehead atoms. The molecule has 54 heavy (non-hydrogen) atoms. The van der Waals surface area contributed by atoms with Crippen molar-refractivity contribution in [3.63, 3.8) is 0 Å². The zero-order chi connectivity index (χ0) is 39.6. The number of carbonyl (C=O) groups is 2. The summed E-state index contributed by atoms with van der Waals surface area (Å²) in [6.07, 6.45) is -3.88. The van der Waals surface area contributed by atoms with Crippen LogP contribution < -0.4 is 0 Å². The van der Waals surface area contributed by atoms with Gasteiger partial charge >= 0.3 is 11.9 Å². The first-order chi connectivity index (χ1) is 25.1. The third-order valence-electron chi connectivity index (χ3n) is 16.9. The number of fused-ring (bicyclic) bond motifs is 7. The van der Waals surface area contributed by atoms with Crippen LogP contribution >= 0.6 is 0 Å². The molecule has 5 aliphatic carbocycles. The van der Waals surface area contributed by atoms with Crippen LogP contribution in [0.5, 0.6) is 0 Å². The number of carboxylic acids is 2. The first kappa shape index (κ1) is 40.5. The number of hydrogen-bond acceptors (Lipinski definition) is 11. The fourth-order valence-corrected chi connectivity index (χ4v) is 13.4. The first-order valence-corrected chi connectivity index (χ1v) is 20.2. The lowest BCUT2D eigenvalue weighted by molar-refractivity contribution is -0.342. The summed E-state index contributed by atoms with van der Waals surface area (Å²) in [5.74, 6) is -1.50. The van der Waals surface area contributed by atoms with Gasteiger partial charge in [-0.1, -0.05) is 60.1 Å². The van der Waals surface area contributed by atoms with Gasteiger partial charge < -0.3 is 54.7 Å². The highest BCUT2D eigenvalue weighted by molar-refractivity contribution is 5.76. The molecule has 0 aromatic rings. The van der Waals surface area contributed by atoms with Crippen molar-refractivity contribution in [1.82, 2.24) is 0 Å². The summed E-state index contributed by atoms with van der Waals surface area (Å²) < 4.78 is 23.3. The van der Waals surface area contributed by atoms with Gasteiger partial charge in [-0.05, 0) is 109 Å². The Morgan fingerprint density at radius 2 is 1.43 bits per heavy atom. The van der Waals surface area contributed by atoms with E-state index in [-0.39, 0.29) is 33.5 Å². The molecule has 306 valence electrons. The van der Waals surface area contributed by atoms with Gasteiger partial charge in [-0.25, -0.2) is 4.79 Å². The molecule has 0 spiro atoms. The van der Waals surface area contributed by atoms with Crippen molar-refractivity contribution < 1.29 is 64.3 Å². The molecule has 13 nitrogen and oxygen atoms in total. The summed E-state index contributed by atoms with van der Waals surface area (Å²) in [4.78, 5) is 25.4. The van der Waals surface area contributed by atoms with Crippen molar-refractivity contribution in [2.75, 3.05) is 6.61 Å².